The lowest BCUT2D eigenvalue weighted by Gasteiger charge is -2.39. The Bertz CT molecular complexity index is 1460. The Morgan fingerprint density at radius 2 is 1.80 bits per heavy atom. The number of carbonyl (C=O) groups is 1. The van der Waals surface area contributed by atoms with Crippen LogP contribution in [-0.2, 0) is 24.1 Å². The molecule has 1 N–H and O–H groups in total. The normalized spacial score (nSPS) is 15.8. The molecule has 0 spiro atoms. The number of methoxy groups -OCH3 is 1. The average Bonchev–Trinajstić information content (AvgIpc) is 3.40. The van der Waals surface area contributed by atoms with Crippen LogP contribution in [0.5, 0.6) is 5.75 Å². The molecule has 1 saturated heterocycles. The molecular weight excluding hydrogens is 527 g/mol. The second kappa shape index (κ2) is 11.3. The number of hydrogen-bond donors (Lipinski definition) is 1. The van der Waals surface area contributed by atoms with Gasteiger partial charge in [0.1, 0.15) is 17.9 Å². The Balaban J connectivity index is 1.35. The molecule has 1 fully saturated rings. The highest BCUT2D eigenvalue weighted by atomic mass is 19.4. The van der Waals surface area contributed by atoms with Gasteiger partial charge in [0.15, 0.2) is 5.65 Å². The first-order valence-corrected chi connectivity index (χ1v) is 12.6. The highest BCUT2D eigenvalue weighted by Crippen LogP contribution is 2.33. The van der Waals surface area contributed by atoms with Crippen molar-refractivity contribution in [3.63, 3.8) is 0 Å². The summed E-state index contributed by atoms with van der Waals surface area (Å²) in [5, 5.41) is 7.00. The van der Waals surface area contributed by atoms with E-state index in [4.69, 9.17) is 9.47 Å². The van der Waals surface area contributed by atoms with E-state index in [1.165, 1.54) is 0 Å². The summed E-state index contributed by atoms with van der Waals surface area (Å²) < 4.78 is 53.0. The number of piperazine rings is 1. The second-order valence-electron chi connectivity index (χ2n) is 9.37. The summed E-state index contributed by atoms with van der Waals surface area (Å²) in [5.74, 6) is 0.915. The zero-order valence-corrected chi connectivity index (χ0v) is 21.9. The van der Waals surface area contributed by atoms with Crippen LogP contribution in [0.4, 0.5) is 29.9 Å². The van der Waals surface area contributed by atoms with E-state index < -0.39 is 17.8 Å². The number of alkyl halides is 3. The first kappa shape index (κ1) is 27.0. The van der Waals surface area contributed by atoms with Crippen molar-refractivity contribution in [2.75, 3.05) is 37.0 Å². The van der Waals surface area contributed by atoms with Crippen LogP contribution in [0.15, 0.2) is 60.8 Å². The van der Waals surface area contributed by atoms with Crippen LogP contribution in [-0.4, -0.2) is 63.4 Å². The molecule has 0 bridgehead atoms. The molecule has 1 aliphatic rings. The Morgan fingerprint density at radius 3 is 2.48 bits per heavy atom. The monoisotopic (exact) mass is 555 g/mol. The van der Waals surface area contributed by atoms with Gasteiger partial charge in [0.25, 0.3) is 0 Å². The van der Waals surface area contributed by atoms with Crippen LogP contribution in [0.3, 0.4) is 0 Å². The lowest BCUT2D eigenvalue weighted by Crippen LogP contribution is -2.54. The van der Waals surface area contributed by atoms with Gasteiger partial charge in [-0.2, -0.15) is 32.8 Å². The molecule has 2 aromatic heterocycles. The third-order valence-electron chi connectivity index (χ3n) is 6.62. The number of nitrogens with zero attached hydrogens (tertiary/aromatic N) is 6. The number of halogens is 3. The smallest absolute Gasteiger partial charge is 0.421 e. The van der Waals surface area contributed by atoms with E-state index in [0.717, 1.165) is 21.8 Å². The van der Waals surface area contributed by atoms with Gasteiger partial charge < -0.3 is 24.6 Å². The number of benzene rings is 2. The summed E-state index contributed by atoms with van der Waals surface area (Å²) in [6.45, 7) is 3.20. The van der Waals surface area contributed by atoms with Gasteiger partial charge in [0.05, 0.1) is 13.3 Å². The number of nitrogens with one attached hydrogen (secondary N) is 1. The predicted molar refractivity (Wildman–Crippen MR) is 141 cm³/mol. The zero-order chi connectivity index (χ0) is 28.3. The van der Waals surface area contributed by atoms with Gasteiger partial charge in [0, 0.05) is 32.2 Å². The van der Waals surface area contributed by atoms with Gasteiger partial charge in [-0.3, -0.25) is 0 Å². The van der Waals surface area contributed by atoms with Crippen molar-refractivity contribution in [3.8, 4) is 5.75 Å². The average molecular weight is 556 g/mol. The largest absolute Gasteiger partial charge is 0.497 e. The molecule has 3 heterocycles. The summed E-state index contributed by atoms with van der Waals surface area (Å²) in [6, 6.07) is 16.3. The number of aromatic nitrogens is 4. The third kappa shape index (κ3) is 5.87. The van der Waals surface area contributed by atoms with Gasteiger partial charge in [-0.1, -0.05) is 42.5 Å². The Morgan fingerprint density at radius 1 is 1.05 bits per heavy atom. The molecule has 210 valence electrons. The van der Waals surface area contributed by atoms with E-state index in [-0.39, 0.29) is 36.7 Å². The van der Waals surface area contributed by atoms with Crippen molar-refractivity contribution in [1.82, 2.24) is 24.5 Å². The van der Waals surface area contributed by atoms with E-state index in [1.807, 2.05) is 49.4 Å². The lowest BCUT2D eigenvalue weighted by atomic mass is 10.2. The number of amides is 1. The summed E-state index contributed by atoms with van der Waals surface area (Å²) in [5.41, 5.74) is 0.430. The number of rotatable bonds is 7. The van der Waals surface area contributed by atoms with Crippen LogP contribution in [0.1, 0.15) is 23.6 Å². The van der Waals surface area contributed by atoms with Crippen molar-refractivity contribution in [1.29, 1.82) is 0 Å². The number of fused-ring (bicyclic) bond motifs is 1. The zero-order valence-electron chi connectivity index (χ0n) is 21.9. The quantitative estimate of drug-likeness (QED) is 0.353. The van der Waals surface area contributed by atoms with Gasteiger partial charge in [0.2, 0.25) is 11.9 Å². The Hall–Kier alpha value is -4.55. The fourth-order valence-electron chi connectivity index (χ4n) is 4.46. The molecule has 1 atom stereocenters. The van der Waals surface area contributed by atoms with Gasteiger partial charge in [-0.25, -0.2) is 4.79 Å². The maximum Gasteiger partial charge on any atom is 0.421 e. The van der Waals surface area contributed by atoms with E-state index in [0.29, 0.717) is 25.4 Å². The van der Waals surface area contributed by atoms with E-state index in [2.05, 4.69) is 20.4 Å². The number of anilines is 2. The summed E-state index contributed by atoms with van der Waals surface area (Å²) in [7, 11) is 1.57. The molecule has 40 heavy (non-hydrogen) atoms. The first-order valence-electron chi connectivity index (χ1n) is 12.6. The van der Waals surface area contributed by atoms with Crippen molar-refractivity contribution < 1.29 is 27.4 Å². The van der Waals surface area contributed by atoms with Crippen molar-refractivity contribution in [2.24, 2.45) is 0 Å². The molecule has 0 aliphatic carbocycles. The van der Waals surface area contributed by atoms with Gasteiger partial charge >= 0.3 is 12.3 Å². The maximum atomic E-state index is 13.8. The summed E-state index contributed by atoms with van der Waals surface area (Å²) >= 11 is 0. The van der Waals surface area contributed by atoms with Crippen LogP contribution < -0.4 is 15.0 Å². The highest BCUT2D eigenvalue weighted by Gasteiger charge is 2.37. The molecule has 2 aromatic carbocycles. The van der Waals surface area contributed by atoms with Crippen molar-refractivity contribution >= 4 is 23.6 Å². The lowest BCUT2D eigenvalue weighted by molar-refractivity contribution is -0.136. The molecule has 1 aliphatic heterocycles. The fourth-order valence-corrected chi connectivity index (χ4v) is 4.46. The molecule has 10 nitrogen and oxygen atoms in total. The van der Waals surface area contributed by atoms with E-state index in [9.17, 15) is 18.0 Å². The number of ether oxygens (including phenoxy) is 2. The maximum absolute atomic E-state index is 13.8. The molecule has 0 saturated carbocycles. The van der Waals surface area contributed by atoms with Crippen LogP contribution in [0.2, 0.25) is 0 Å². The standard InChI is InChI=1S/C27H28F3N7O3/c1-18-16-35(26(38)40-17-20-6-4-3-5-7-20)12-13-36(18)25-33-23-22(27(28,29)30)15-32-37(23)24(34-25)31-14-19-8-10-21(39-2)11-9-19/h3-11,15,18H,12-14,16-17H2,1-2H3,(H,31,33,34)/t18-/m0/s1. The van der Waals surface area contributed by atoms with E-state index >= 15 is 0 Å². The SMILES string of the molecule is COc1ccc(CNc2nc(N3CCN(C(=O)OCc4ccccc4)C[C@@H]3C)nc3c(C(F)(F)F)cnn23)cc1. The van der Waals surface area contributed by atoms with Gasteiger partial charge in [-0.15, -0.1) is 0 Å². The first-order chi connectivity index (χ1) is 19.2. The molecule has 5 rings (SSSR count). The Labute approximate surface area is 228 Å². The van der Waals surface area contributed by atoms with Crippen LogP contribution in [0.25, 0.3) is 5.65 Å². The molecule has 13 heteroatoms. The van der Waals surface area contributed by atoms with Gasteiger partial charge in [-0.05, 0) is 30.2 Å². The second-order valence-corrected chi connectivity index (χ2v) is 9.37. The summed E-state index contributed by atoms with van der Waals surface area (Å²) in [6.07, 6.45) is -4.35. The van der Waals surface area contributed by atoms with Crippen molar-refractivity contribution in [3.05, 3.63) is 77.5 Å². The highest BCUT2D eigenvalue weighted by molar-refractivity contribution is 5.68. The molecule has 0 unspecified atom stereocenters. The molecule has 4 aromatic rings. The van der Waals surface area contributed by atoms with Crippen molar-refractivity contribution in [2.45, 2.75) is 32.3 Å². The minimum atomic E-state index is -4.65. The number of hydrogen-bond acceptors (Lipinski definition) is 8. The molecule has 1 amide bonds. The molecule has 0 radical (unpaired) electrons. The van der Waals surface area contributed by atoms with E-state index in [1.54, 1.807) is 29.0 Å². The third-order valence-corrected chi connectivity index (χ3v) is 6.62. The Kier molecular flexibility index (Phi) is 7.63. The molecular formula is C27H28F3N7O3. The minimum absolute atomic E-state index is 0.112. The predicted octanol–water partition coefficient (Wildman–Crippen LogP) is 4.61. The fraction of sp³-hybridized carbons (Fsp3) is 0.333. The topological polar surface area (TPSA) is 97.1 Å². The minimum Gasteiger partial charge on any atom is -0.497 e. The summed E-state index contributed by atoms with van der Waals surface area (Å²) in [4.78, 5) is 24.8. The van der Waals surface area contributed by atoms with Crippen LogP contribution in [0, 0.1) is 0 Å². The van der Waals surface area contributed by atoms with Crippen LogP contribution >= 0.6 is 0 Å². The number of carbonyl (C=O) groups excluding carboxylic acids is 1.